The number of aryl methyl sites for hydroxylation is 1. The number of hydrogen-bond acceptors (Lipinski definition) is 15. The SMILES string of the molecule is CC(=O)N[C@H]1[C@H]([C@H](O)[C@H](O)CO)O[C@](C(=O)O)(n2cc(CCC(=O)NCC[C@@H]3O[C@H](CO)[C@H](O)[C@H](O)[C@H]3O)nn2)C[C@@H]1O. The van der Waals surface area contributed by atoms with Gasteiger partial charge in [0, 0.05) is 32.7 Å². The standard InChI is InChI=1S/C24H39N5O14/c1-10(32)26-17-12(33)6-24(23(40)41,43-22(17)18(36)13(34)8-30)29-7-11(27-28-29)2-3-16(35)25-5-4-14-19(37)21(39)20(38)15(9-31)42-14/h7,12-15,17-22,30-31,33-34,36-39H,2-6,8-9H2,1H3,(H,25,35)(H,26,32)(H,40,41)/t12-,13+,14-,15+,17+,18+,19-,20-,21+,22+,24+/m0/s1. The summed E-state index contributed by atoms with van der Waals surface area (Å²) >= 11 is 0. The molecule has 2 aliphatic heterocycles. The van der Waals surface area contributed by atoms with Gasteiger partial charge < -0.3 is 66.1 Å². The van der Waals surface area contributed by atoms with Crippen LogP contribution in [0.4, 0.5) is 0 Å². The summed E-state index contributed by atoms with van der Waals surface area (Å²) in [5.74, 6) is -2.75. The predicted octanol–water partition coefficient (Wildman–Crippen LogP) is -6.33. The van der Waals surface area contributed by atoms with E-state index in [4.69, 9.17) is 9.47 Å². The van der Waals surface area contributed by atoms with E-state index in [0.29, 0.717) is 0 Å². The number of carbonyl (C=O) groups is 3. The fourth-order valence-electron chi connectivity index (χ4n) is 5.07. The van der Waals surface area contributed by atoms with Gasteiger partial charge in [0.25, 0.3) is 5.72 Å². The zero-order valence-electron chi connectivity index (χ0n) is 23.2. The lowest BCUT2D eigenvalue weighted by Crippen LogP contribution is -2.67. The molecule has 0 aliphatic carbocycles. The van der Waals surface area contributed by atoms with E-state index in [1.807, 2.05) is 0 Å². The van der Waals surface area contributed by atoms with Crippen molar-refractivity contribution in [1.29, 1.82) is 0 Å². The van der Waals surface area contributed by atoms with Crippen molar-refractivity contribution in [2.75, 3.05) is 19.8 Å². The number of nitrogens with zero attached hydrogens (tertiary/aromatic N) is 3. The maximum Gasteiger partial charge on any atom is 0.359 e. The van der Waals surface area contributed by atoms with Gasteiger partial charge in [-0.1, -0.05) is 5.21 Å². The Morgan fingerprint density at radius 1 is 1.12 bits per heavy atom. The average Bonchev–Trinajstić information content (AvgIpc) is 3.45. The second-order valence-electron chi connectivity index (χ2n) is 10.6. The highest BCUT2D eigenvalue weighted by Crippen LogP contribution is 2.36. The molecule has 0 aromatic carbocycles. The van der Waals surface area contributed by atoms with Gasteiger partial charge in [-0.15, -0.1) is 5.10 Å². The minimum Gasteiger partial charge on any atom is -0.478 e. The molecule has 0 radical (unpaired) electrons. The molecule has 11 atom stereocenters. The van der Waals surface area contributed by atoms with E-state index in [1.54, 1.807) is 0 Å². The summed E-state index contributed by atoms with van der Waals surface area (Å²) in [6.45, 7) is -0.376. The summed E-state index contributed by atoms with van der Waals surface area (Å²) in [6, 6.07) is -1.35. The first-order valence-corrected chi connectivity index (χ1v) is 13.6. The minimum atomic E-state index is -2.45. The Morgan fingerprint density at radius 2 is 1.79 bits per heavy atom. The summed E-state index contributed by atoms with van der Waals surface area (Å²) in [5, 5.41) is 102. The second kappa shape index (κ2) is 14.8. The molecular formula is C24H39N5O14. The van der Waals surface area contributed by atoms with Gasteiger partial charge in [0.05, 0.1) is 43.4 Å². The number of amides is 2. The molecule has 0 bridgehead atoms. The van der Waals surface area contributed by atoms with Crippen molar-refractivity contribution >= 4 is 17.8 Å². The summed E-state index contributed by atoms with van der Waals surface area (Å²) in [4.78, 5) is 36.5. The van der Waals surface area contributed by atoms with Crippen LogP contribution in [-0.2, 0) is 36.0 Å². The molecule has 19 heteroatoms. The van der Waals surface area contributed by atoms with Crippen LogP contribution in [0.1, 0.15) is 31.9 Å². The molecule has 244 valence electrons. The Bertz CT molecular complexity index is 1110. The van der Waals surface area contributed by atoms with Gasteiger partial charge in [0.1, 0.15) is 42.7 Å². The van der Waals surface area contributed by atoms with Crippen LogP contribution in [0.3, 0.4) is 0 Å². The van der Waals surface area contributed by atoms with Gasteiger partial charge in [-0.2, -0.15) is 0 Å². The molecule has 2 saturated heterocycles. The Hall–Kier alpha value is -2.85. The molecule has 1 aromatic rings. The van der Waals surface area contributed by atoms with Crippen molar-refractivity contribution in [3.8, 4) is 0 Å². The monoisotopic (exact) mass is 621 g/mol. The minimum absolute atomic E-state index is 0.0148. The quantitative estimate of drug-likeness (QED) is 0.0975. The lowest BCUT2D eigenvalue weighted by atomic mass is 9.87. The molecule has 1 aromatic heterocycles. The molecule has 0 saturated carbocycles. The summed E-state index contributed by atoms with van der Waals surface area (Å²) in [7, 11) is 0. The molecule has 3 rings (SSSR count). The highest BCUT2D eigenvalue weighted by molar-refractivity contribution is 5.76. The molecule has 2 amide bonds. The van der Waals surface area contributed by atoms with Crippen molar-refractivity contribution in [2.24, 2.45) is 0 Å². The van der Waals surface area contributed by atoms with Crippen LogP contribution in [0.25, 0.3) is 0 Å². The number of hydrogen-bond donors (Lipinski definition) is 11. The lowest BCUT2D eigenvalue weighted by Gasteiger charge is -2.46. The van der Waals surface area contributed by atoms with Gasteiger partial charge in [0.2, 0.25) is 11.8 Å². The number of aromatic nitrogens is 3. The molecule has 2 fully saturated rings. The van der Waals surface area contributed by atoms with Crippen LogP contribution in [0.15, 0.2) is 6.20 Å². The van der Waals surface area contributed by atoms with Crippen LogP contribution in [0.2, 0.25) is 0 Å². The molecule has 0 spiro atoms. The second-order valence-corrected chi connectivity index (χ2v) is 10.6. The lowest BCUT2D eigenvalue weighted by molar-refractivity contribution is -0.258. The van der Waals surface area contributed by atoms with Crippen LogP contribution in [0.5, 0.6) is 0 Å². The van der Waals surface area contributed by atoms with Crippen molar-refractivity contribution in [3.63, 3.8) is 0 Å². The first-order valence-electron chi connectivity index (χ1n) is 13.6. The molecular weight excluding hydrogens is 582 g/mol. The Labute approximate surface area is 244 Å². The third-order valence-electron chi connectivity index (χ3n) is 7.47. The maximum atomic E-state index is 12.4. The first-order chi connectivity index (χ1) is 20.2. The summed E-state index contributed by atoms with van der Waals surface area (Å²) in [6.07, 6.45) is -13.1. The number of nitrogens with one attached hydrogen (secondary N) is 2. The van der Waals surface area contributed by atoms with Crippen molar-refractivity contribution < 1.29 is 69.8 Å². The number of aliphatic carboxylic acids is 1. The molecule has 19 nitrogen and oxygen atoms in total. The van der Waals surface area contributed by atoms with E-state index in [-0.39, 0.29) is 31.5 Å². The molecule has 0 unspecified atom stereocenters. The molecule has 3 heterocycles. The number of aliphatic hydroxyl groups is 8. The Morgan fingerprint density at radius 3 is 2.40 bits per heavy atom. The number of aliphatic hydroxyl groups excluding tert-OH is 8. The predicted molar refractivity (Wildman–Crippen MR) is 138 cm³/mol. The molecule has 2 aliphatic rings. The highest BCUT2D eigenvalue weighted by atomic mass is 16.6. The Balaban J connectivity index is 1.64. The van der Waals surface area contributed by atoms with Crippen molar-refractivity contribution in [3.05, 3.63) is 11.9 Å². The normalized spacial score (nSPS) is 34.3. The fraction of sp³-hybridized carbons (Fsp3) is 0.792. The van der Waals surface area contributed by atoms with Crippen LogP contribution < -0.4 is 10.6 Å². The zero-order valence-corrected chi connectivity index (χ0v) is 23.2. The van der Waals surface area contributed by atoms with Crippen LogP contribution in [0, 0.1) is 0 Å². The summed E-state index contributed by atoms with van der Waals surface area (Å²) in [5.41, 5.74) is -2.30. The van der Waals surface area contributed by atoms with Gasteiger partial charge in [-0.3, -0.25) is 9.59 Å². The smallest absolute Gasteiger partial charge is 0.359 e. The molecule has 11 N–H and O–H groups in total. The van der Waals surface area contributed by atoms with Crippen molar-refractivity contribution in [1.82, 2.24) is 25.6 Å². The van der Waals surface area contributed by atoms with Crippen molar-refractivity contribution in [2.45, 2.75) is 99.3 Å². The number of ether oxygens (including phenoxy) is 2. The number of carboxylic acids is 1. The van der Waals surface area contributed by atoms with E-state index in [1.165, 1.54) is 0 Å². The Kier molecular flexibility index (Phi) is 11.9. The largest absolute Gasteiger partial charge is 0.478 e. The average molecular weight is 622 g/mol. The topological polar surface area (TPSA) is 307 Å². The fourth-order valence-corrected chi connectivity index (χ4v) is 5.07. The van der Waals surface area contributed by atoms with Gasteiger partial charge >= 0.3 is 5.97 Å². The maximum absolute atomic E-state index is 12.4. The number of carbonyl (C=O) groups excluding carboxylic acids is 2. The van der Waals surface area contributed by atoms with E-state index < -0.39 is 104 Å². The molecule has 43 heavy (non-hydrogen) atoms. The van der Waals surface area contributed by atoms with E-state index in [9.17, 15) is 60.3 Å². The van der Waals surface area contributed by atoms with Gasteiger partial charge in [-0.05, 0) is 6.42 Å². The number of rotatable bonds is 13. The zero-order chi connectivity index (χ0) is 32.1. The van der Waals surface area contributed by atoms with Crippen LogP contribution in [-0.4, -0.2) is 159 Å². The van der Waals surface area contributed by atoms with Gasteiger partial charge in [-0.25, -0.2) is 9.48 Å². The van der Waals surface area contributed by atoms with E-state index in [0.717, 1.165) is 17.8 Å². The van der Waals surface area contributed by atoms with Crippen LogP contribution >= 0.6 is 0 Å². The van der Waals surface area contributed by atoms with E-state index >= 15 is 0 Å². The van der Waals surface area contributed by atoms with Gasteiger partial charge in [0.15, 0.2) is 0 Å². The van der Waals surface area contributed by atoms with E-state index in [2.05, 4.69) is 20.9 Å². The highest BCUT2D eigenvalue weighted by Gasteiger charge is 2.56. The third kappa shape index (κ3) is 7.81. The number of carboxylic acid groups (broad SMARTS) is 1. The summed E-state index contributed by atoms with van der Waals surface area (Å²) < 4.78 is 11.8. The third-order valence-corrected chi connectivity index (χ3v) is 7.47. The first kappa shape index (κ1) is 34.6.